The highest BCUT2D eigenvalue weighted by Crippen LogP contribution is 2.42. The lowest BCUT2D eigenvalue weighted by molar-refractivity contribution is -0.147. The van der Waals surface area contributed by atoms with Crippen LogP contribution in [-0.2, 0) is 27.9 Å². The Morgan fingerprint density at radius 1 is 0.492 bits per heavy atom. The molecule has 65 heavy (non-hydrogen) atoms. The number of esters is 1. The monoisotopic (exact) mass is 930 g/mol. The first-order chi connectivity index (χ1) is 31.8. The van der Waals surface area contributed by atoms with Crippen molar-refractivity contribution in [3.8, 4) is 0 Å². The minimum atomic E-state index is -4.43. The van der Waals surface area contributed by atoms with Gasteiger partial charge in [-0.2, -0.15) is 0 Å². The van der Waals surface area contributed by atoms with Crippen molar-refractivity contribution in [3.63, 3.8) is 0 Å². The molecule has 2 atom stereocenters. The van der Waals surface area contributed by atoms with E-state index in [0.717, 1.165) is 96.3 Å². The van der Waals surface area contributed by atoms with Crippen LogP contribution < -0.4 is 5.32 Å². The van der Waals surface area contributed by atoms with E-state index in [1.165, 1.54) is 96.3 Å². The molecule has 9 nitrogen and oxygen atoms in total. The van der Waals surface area contributed by atoms with E-state index in [1.807, 2.05) is 0 Å². The molecule has 10 heteroatoms. The SMILES string of the molecule is CC/C=C\C/C=C\C/C=C\C/C=C\C/C=C\CCCCCCCC(=O)NCCOP(=O)(O)OCC(O)COC(=O)CCCCCCCCCCCCCCC/C=C\C/C=C\CCCCC. The summed E-state index contributed by atoms with van der Waals surface area (Å²) < 4.78 is 27.0. The molecule has 0 rings (SSSR count). The molecule has 0 saturated heterocycles. The van der Waals surface area contributed by atoms with Crippen molar-refractivity contribution in [2.75, 3.05) is 26.4 Å². The maximum atomic E-state index is 12.2. The number of amides is 1. The van der Waals surface area contributed by atoms with Crippen LogP contribution in [-0.4, -0.2) is 54.3 Å². The minimum absolute atomic E-state index is 0.0666. The molecular formula is C55H96NO8P. The van der Waals surface area contributed by atoms with Crippen LogP contribution in [0.2, 0.25) is 0 Å². The molecule has 0 aromatic rings. The molecule has 1 amide bonds. The van der Waals surface area contributed by atoms with Gasteiger partial charge in [0, 0.05) is 19.4 Å². The van der Waals surface area contributed by atoms with E-state index < -0.39 is 26.5 Å². The highest BCUT2D eigenvalue weighted by Gasteiger charge is 2.23. The lowest BCUT2D eigenvalue weighted by Crippen LogP contribution is -2.27. The van der Waals surface area contributed by atoms with Crippen LogP contribution in [0, 0.1) is 0 Å². The largest absolute Gasteiger partial charge is 0.472 e. The van der Waals surface area contributed by atoms with Crippen LogP contribution in [0.1, 0.15) is 219 Å². The fraction of sp³-hybridized carbons (Fsp3) is 0.709. The molecule has 3 N–H and O–H groups in total. The average Bonchev–Trinajstić information content (AvgIpc) is 3.29. The van der Waals surface area contributed by atoms with Gasteiger partial charge < -0.3 is 20.1 Å². The number of rotatable bonds is 48. The minimum Gasteiger partial charge on any atom is -0.463 e. The Bertz CT molecular complexity index is 1340. The fourth-order valence-corrected chi connectivity index (χ4v) is 7.67. The molecule has 0 aromatic carbocycles. The quantitative estimate of drug-likeness (QED) is 0.0238. The second-order valence-corrected chi connectivity index (χ2v) is 18.6. The second kappa shape index (κ2) is 50.6. The number of phosphoric acid groups is 1. The number of hydrogen-bond donors (Lipinski definition) is 3. The zero-order valence-corrected chi connectivity index (χ0v) is 42.3. The van der Waals surface area contributed by atoms with Crippen molar-refractivity contribution in [2.45, 2.75) is 225 Å². The summed E-state index contributed by atoms with van der Waals surface area (Å²) in [5.41, 5.74) is 0. The van der Waals surface area contributed by atoms with Gasteiger partial charge in [0.15, 0.2) is 0 Å². The van der Waals surface area contributed by atoms with Gasteiger partial charge in [0.05, 0.1) is 13.2 Å². The fourth-order valence-electron chi connectivity index (χ4n) is 6.91. The Labute approximate surface area is 398 Å². The highest BCUT2D eigenvalue weighted by molar-refractivity contribution is 7.47. The average molecular weight is 930 g/mol. The number of nitrogens with one attached hydrogen (secondary N) is 1. The Balaban J connectivity index is 3.60. The van der Waals surface area contributed by atoms with Gasteiger partial charge in [-0.3, -0.25) is 18.6 Å². The molecule has 0 spiro atoms. The number of hydrogen-bond acceptors (Lipinski definition) is 7. The molecule has 0 aliphatic heterocycles. The molecule has 0 aliphatic carbocycles. The third kappa shape index (κ3) is 52.0. The van der Waals surface area contributed by atoms with Crippen LogP contribution in [0.15, 0.2) is 85.1 Å². The third-order valence-corrected chi connectivity index (χ3v) is 11.8. The standard InChI is InChI=1S/C55H96NO8P/c1-3-5-7-9-11-13-15-17-19-21-23-25-26-28-30-32-34-36-38-40-42-44-46-48-55(59)62-51-53(57)52-64-65(60,61)63-50-49-56-54(58)47-45-43-41-39-37-35-33-31-29-27-24-22-20-18-16-14-12-10-8-6-4-2/h6,8,11-14,17-20,24,27,31,33,53,57H,3-5,7,9-10,15-16,21-23,25-26,28-30,32,34-52H2,1-2H3,(H,56,58)(H,60,61)/b8-6-,13-11-,14-12-,19-17-,20-18-,27-24-,33-31-. The first-order valence-electron chi connectivity index (χ1n) is 26.1. The summed E-state index contributed by atoms with van der Waals surface area (Å²) >= 11 is 0. The smallest absolute Gasteiger partial charge is 0.463 e. The predicted octanol–water partition coefficient (Wildman–Crippen LogP) is 15.6. The molecule has 0 bridgehead atoms. The second-order valence-electron chi connectivity index (χ2n) is 17.1. The Morgan fingerprint density at radius 2 is 0.877 bits per heavy atom. The van der Waals surface area contributed by atoms with E-state index in [0.29, 0.717) is 6.42 Å². The van der Waals surface area contributed by atoms with Crippen molar-refractivity contribution >= 4 is 19.7 Å². The summed E-state index contributed by atoms with van der Waals surface area (Å²) in [6, 6.07) is 0. The molecule has 0 heterocycles. The van der Waals surface area contributed by atoms with Crippen molar-refractivity contribution in [3.05, 3.63) is 85.1 Å². The normalized spacial score (nSPS) is 13.8. The molecule has 2 unspecified atom stereocenters. The number of allylic oxidation sites excluding steroid dienone is 14. The summed E-state index contributed by atoms with van der Waals surface area (Å²) in [7, 11) is -4.43. The zero-order chi connectivity index (χ0) is 47.4. The van der Waals surface area contributed by atoms with Crippen molar-refractivity contribution in [1.29, 1.82) is 0 Å². The summed E-state index contributed by atoms with van der Waals surface area (Å²) in [6.45, 7) is 3.40. The van der Waals surface area contributed by atoms with Gasteiger partial charge in [-0.1, -0.05) is 202 Å². The maximum Gasteiger partial charge on any atom is 0.472 e. The predicted molar refractivity (Wildman–Crippen MR) is 275 cm³/mol. The van der Waals surface area contributed by atoms with E-state index in [4.69, 9.17) is 13.8 Å². The van der Waals surface area contributed by atoms with Gasteiger partial charge in [-0.05, 0) is 89.9 Å². The van der Waals surface area contributed by atoms with E-state index in [9.17, 15) is 24.2 Å². The van der Waals surface area contributed by atoms with Crippen molar-refractivity contribution in [1.82, 2.24) is 5.32 Å². The number of carbonyl (C=O) groups excluding carboxylic acids is 2. The van der Waals surface area contributed by atoms with Gasteiger partial charge >= 0.3 is 13.8 Å². The summed E-state index contributed by atoms with van der Waals surface area (Å²) in [5, 5.41) is 12.7. The lowest BCUT2D eigenvalue weighted by atomic mass is 10.0. The summed E-state index contributed by atoms with van der Waals surface area (Å²) in [4.78, 5) is 34.1. The van der Waals surface area contributed by atoms with Gasteiger partial charge in [0.1, 0.15) is 12.7 Å². The van der Waals surface area contributed by atoms with Crippen LogP contribution in [0.5, 0.6) is 0 Å². The van der Waals surface area contributed by atoms with Crippen LogP contribution >= 0.6 is 7.82 Å². The number of ether oxygens (including phenoxy) is 1. The number of aliphatic hydroxyl groups excluding tert-OH is 1. The van der Waals surface area contributed by atoms with E-state index in [2.05, 4.69) is 104 Å². The lowest BCUT2D eigenvalue weighted by Gasteiger charge is -2.15. The number of unbranched alkanes of at least 4 members (excludes halogenated alkanes) is 21. The molecule has 0 saturated carbocycles. The number of phosphoric ester groups is 1. The van der Waals surface area contributed by atoms with Crippen LogP contribution in [0.3, 0.4) is 0 Å². The van der Waals surface area contributed by atoms with Crippen LogP contribution in [0.4, 0.5) is 0 Å². The topological polar surface area (TPSA) is 131 Å². The highest BCUT2D eigenvalue weighted by atomic mass is 31.2. The zero-order valence-electron chi connectivity index (χ0n) is 41.4. The summed E-state index contributed by atoms with van der Waals surface area (Å²) in [6.07, 6.45) is 65.2. The van der Waals surface area contributed by atoms with Crippen LogP contribution in [0.25, 0.3) is 0 Å². The molecular weight excluding hydrogens is 834 g/mol. The molecule has 374 valence electrons. The first kappa shape index (κ1) is 62.2. The van der Waals surface area contributed by atoms with Crippen molar-refractivity contribution in [2.24, 2.45) is 0 Å². The maximum absolute atomic E-state index is 12.2. The molecule has 0 aliphatic rings. The van der Waals surface area contributed by atoms with Gasteiger partial charge in [0.25, 0.3) is 0 Å². The molecule has 0 fully saturated rings. The van der Waals surface area contributed by atoms with Gasteiger partial charge in [-0.15, -0.1) is 0 Å². The van der Waals surface area contributed by atoms with Gasteiger partial charge in [-0.25, -0.2) is 4.57 Å². The third-order valence-electron chi connectivity index (χ3n) is 10.8. The van der Waals surface area contributed by atoms with Gasteiger partial charge in [0.2, 0.25) is 5.91 Å². The van der Waals surface area contributed by atoms with Crippen molar-refractivity contribution < 1.29 is 37.9 Å². The Hall–Kier alpha value is -2.81. The first-order valence-corrected chi connectivity index (χ1v) is 27.6. The Kier molecular flexibility index (Phi) is 48.4. The molecule has 0 radical (unpaired) electrons. The number of carbonyl (C=O) groups is 2. The Morgan fingerprint density at radius 3 is 1.32 bits per heavy atom. The van der Waals surface area contributed by atoms with E-state index in [1.54, 1.807) is 0 Å². The molecule has 0 aromatic heterocycles. The summed E-state index contributed by atoms with van der Waals surface area (Å²) in [5.74, 6) is -0.537. The number of aliphatic hydroxyl groups is 1. The van der Waals surface area contributed by atoms with E-state index in [-0.39, 0.29) is 32.1 Å². The van der Waals surface area contributed by atoms with E-state index >= 15 is 0 Å².